The van der Waals surface area contributed by atoms with E-state index in [1.807, 2.05) is 13.8 Å². The van der Waals surface area contributed by atoms with Gasteiger partial charge >= 0.3 is 0 Å². The van der Waals surface area contributed by atoms with Crippen LogP contribution in [0.2, 0.25) is 0 Å². The van der Waals surface area contributed by atoms with Gasteiger partial charge in [0.1, 0.15) is 0 Å². The van der Waals surface area contributed by atoms with Gasteiger partial charge in [-0.05, 0) is 49.0 Å². The lowest BCUT2D eigenvalue weighted by Crippen LogP contribution is -2.51. The van der Waals surface area contributed by atoms with Crippen LogP contribution in [0.3, 0.4) is 0 Å². The molecule has 15 heavy (non-hydrogen) atoms. The first-order valence-corrected chi connectivity index (χ1v) is 5.77. The molecule has 3 heteroatoms. The van der Waals surface area contributed by atoms with Gasteiger partial charge in [-0.25, -0.2) is 0 Å². The molecule has 5 N–H and O–H groups in total. The molecule has 0 amide bonds. The summed E-state index contributed by atoms with van der Waals surface area (Å²) in [7, 11) is 0. The number of aliphatic hydroxyl groups excluding tert-OH is 1. The molecule has 0 saturated heterocycles. The van der Waals surface area contributed by atoms with Gasteiger partial charge in [0.15, 0.2) is 0 Å². The molecular weight excluding hydrogens is 188 g/mol. The summed E-state index contributed by atoms with van der Waals surface area (Å²) in [6.45, 7) is 7.73. The van der Waals surface area contributed by atoms with E-state index in [4.69, 9.17) is 11.5 Å². The summed E-state index contributed by atoms with van der Waals surface area (Å²) in [6.07, 6.45) is 2.64. The van der Waals surface area contributed by atoms with Crippen molar-refractivity contribution in [3.8, 4) is 0 Å². The second kappa shape index (κ2) is 3.06. The molecule has 0 radical (unpaired) electrons. The van der Waals surface area contributed by atoms with E-state index in [9.17, 15) is 5.11 Å². The highest BCUT2D eigenvalue weighted by Gasteiger charge is 2.80. The maximum atomic E-state index is 9.80. The van der Waals surface area contributed by atoms with Crippen LogP contribution in [-0.4, -0.2) is 16.9 Å². The van der Waals surface area contributed by atoms with Crippen LogP contribution >= 0.6 is 0 Å². The van der Waals surface area contributed by atoms with Gasteiger partial charge in [-0.3, -0.25) is 0 Å². The van der Waals surface area contributed by atoms with E-state index in [1.54, 1.807) is 0 Å². The molecule has 0 aliphatic heterocycles. The Kier molecular flexibility index (Phi) is 2.27. The maximum absolute atomic E-state index is 9.80. The fourth-order valence-electron chi connectivity index (χ4n) is 2.99. The molecule has 2 aliphatic rings. The quantitative estimate of drug-likeness (QED) is 0.468. The molecule has 0 aromatic heterocycles. The Labute approximate surface area is 91.5 Å². The van der Waals surface area contributed by atoms with E-state index >= 15 is 0 Å². The highest BCUT2D eigenvalue weighted by molar-refractivity contribution is 5.30. The van der Waals surface area contributed by atoms with Crippen LogP contribution in [0.5, 0.6) is 0 Å². The summed E-state index contributed by atoms with van der Waals surface area (Å²) in [6, 6.07) is 0. The van der Waals surface area contributed by atoms with Gasteiger partial charge in [-0.2, -0.15) is 0 Å². The maximum Gasteiger partial charge on any atom is 0.0858 e. The zero-order valence-electron chi connectivity index (χ0n) is 9.66. The Hall–Kier alpha value is -0.380. The lowest BCUT2D eigenvalue weighted by atomic mass is 9.88. The number of rotatable bonds is 5. The van der Waals surface area contributed by atoms with Gasteiger partial charge in [0.2, 0.25) is 0 Å². The van der Waals surface area contributed by atoms with Crippen LogP contribution in [0.4, 0.5) is 0 Å². The molecule has 2 aliphatic carbocycles. The SMILES string of the molecule is C=C(C)C(N)(N)C[C@@]12C[C@@H]1C2C(O)CC. The Morgan fingerprint density at radius 3 is 2.67 bits per heavy atom. The van der Waals surface area contributed by atoms with Gasteiger partial charge in [-0.1, -0.05) is 13.5 Å². The molecule has 4 atom stereocenters. The molecule has 2 unspecified atom stereocenters. The summed E-state index contributed by atoms with van der Waals surface area (Å²) in [5.74, 6) is 1.13. The van der Waals surface area contributed by atoms with Crippen LogP contribution in [-0.2, 0) is 0 Å². The van der Waals surface area contributed by atoms with Crippen LogP contribution in [0.25, 0.3) is 0 Å². The van der Waals surface area contributed by atoms with Crippen molar-refractivity contribution in [1.82, 2.24) is 0 Å². The highest BCUT2D eigenvalue weighted by atomic mass is 16.3. The van der Waals surface area contributed by atoms with Crippen LogP contribution in [0, 0.1) is 17.3 Å². The summed E-state index contributed by atoms with van der Waals surface area (Å²) in [4.78, 5) is 0. The molecule has 0 aromatic rings. The number of aliphatic hydroxyl groups is 1. The van der Waals surface area contributed by atoms with Gasteiger partial charge in [0.25, 0.3) is 0 Å². The van der Waals surface area contributed by atoms with Crippen LogP contribution in [0.15, 0.2) is 12.2 Å². The largest absolute Gasteiger partial charge is 0.393 e. The molecule has 3 nitrogen and oxygen atoms in total. The summed E-state index contributed by atoms with van der Waals surface area (Å²) >= 11 is 0. The number of nitrogens with two attached hydrogens (primary N) is 2. The summed E-state index contributed by atoms with van der Waals surface area (Å²) < 4.78 is 0. The second-order valence-electron chi connectivity index (χ2n) is 5.54. The molecule has 0 heterocycles. The predicted molar refractivity (Wildman–Crippen MR) is 60.9 cm³/mol. The first-order chi connectivity index (χ1) is 6.85. The van der Waals surface area contributed by atoms with Crippen molar-refractivity contribution in [3.63, 3.8) is 0 Å². The predicted octanol–water partition coefficient (Wildman–Crippen LogP) is 0.973. The van der Waals surface area contributed by atoms with Crippen molar-refractivity contribution in [3.05, 3.63) is 12.2 Å². The third-order valence-corrected chi connectivity index (χ3v) is 4.42. The average molecular weight is 210 g/mol. The molecule has 0 spiro atoms. The van der Waals surface area contributed by atoms with Crippen molar-refractivity contribution in [1.29, 1.82) is 0 Å². The third-order valence-electron chi connectivity index (χ3n) is 4.42. The molecule has 2 rings (SSSR count). The molecular formula is C12H22N2O. The third kappa shape index (κ3) is 1.53. The monoisotopic (exact) mass is 210 g/mol. The Morgan fingerprint density at radius 2 is 2.27 bits per heavy atom. The molecule has 0 aromatic carbocycles. The van der Waals surface area contributed by atoms with E-state index in [1.165, 1.54) is 6.42 Å². The van der Waals surface area contributed by atoms with E-state index in [0.29, 0.717) is 11.8 Å². The van der Waals surface area contributed by atoms with Crippen molar-refractivity contribution in [2.45, 2.75) is 44.9 Å². The minimum atomic E-state index is -0.753. The smallest absolute Gasteiger partial charge is 0.0858 e. The highest BCUT2D eigenvalue weighted by Crippen LogP contribution is 2.83. The Bertz CT molecular complexity index is 300. The van der Waals surface area contributed by atoms with E-state index < -0.39 is 5.66 Å². The molecule has 2 saturated carbocycles. The number of fused-ring (bicyclic) bond motifs is 1. The fraction of sp³-hybridized carbons (Fsp3) is 0.833. The van der Waals surface area contributed by atoms with E-state index in [-0.39, 0.29) is 11.5 Å². The van der Waals surface area contributed by atoms with Gasteiger partial charge < -0.3 is 16.6 Å². The topological polar surface area (TPSA) is 72.3 Å². The minimum absolute atomic E-state index is 0.162. The Balaban J connectivity index is 1.96. The average Bonchev–Trinajstić information content (AvgIpc) is 2.92. The van der Waals surface area contributed by atoms with E-state index in [0.717, 1.165) is 18.4 Å². The molecule has 86 valence electrons. The van der Waals surface area contributed by atoms with Crippen LogP contribution in [0.1, 0.15) is 33.1 Å². The standard InChI is InChI=1S/C12H22N2O/c1-4-9(15)10-8-5-11(8,10)6-12(13,14)7(2)3/h8-10,15H,2,4-6,13-14H2,1,3H3/t8-,9?,10?,11+/m1/s1. The van der Waals surface area contributed by atoms with Gasteiger partial charge in [0.05, 0.1) is 11.8 Å². The van der Waals surface area contributed by atoms with Crippen molar-refractivity contribution < 1.29 is 5.11 Å². The summed E-state index contributed by atoms with van der Waals surface area (Å²) in [5, 5.41) is 9.80. The fourth-order valence-corrected chi connectivity index (χ4v) is 2.99. The number of hydrogen-bond acceptors (Lipinski definition) is 3. The first kappa shape index (κ1) is 11.1. The van der Waals surface area contributed by atoms with E-state index in [2.05, 4.69) is 6.58 Å². The van der Waals surface area contributed by atoms with Gasteiger partial charge in [0, 0.05) is 0 Å². The van der Waals surface area contributed by atoms with Crippen LogP contribution < -0.4 is 11.5 Å². The zero-order chi connectivity index (χ0) is 11.4. The van der Waals surface area contributed by atoms with Gasteiger partial charge in [-0.15, -0.1) is 0 Å². The number of hydrogen-bond donors (Lipinski definition) is 3. The lowest BCUT2D eigenvalue weighted by molar-refractivity contribution is 0.107. The Morgan fingerprint density at radius 1 is 1.67 bits per heavy atom. The first-order valence-electron chi connectivity index (χ1n) is 5.77. The van der Waals surface area contributed by atoms with Crippen molar-refractivity contribution in [2.24, 2.45) is 28.7 Å². The second-order valence-corrected chi connectivity index (χ2v) is 5.54. The normalized spacial score (nSPS) is 39.5. The lowest BCUT2D eigenvalue weighted by Gasteiger charge is -2.28. The van der Waals surface area contributed by atoms with Crippen molar-refractivity contribution in [2.75, 3.05) is 0 Å². The summed E-state index contributed by atoms with van der Waals surface area (Å²) in [5.41, 5.74) is 12.4. The molecule has 0 bridgehead atoms. The zero-order valence-corrected chi connectivity index (χ0v) is 9.66. The van der Waals surface area contributed by atoms with Crippen molar-refractivity contribution >= 4 is 0 Å². The minimum Gasteiger partial charge on any atom is -0.393 e. The molecule has 2 fully saturated rings.